The van der Waals surface area contributed by atoms with E-state index in [9.17, 15) is 0 Å². The summed E-state index contributed by atoms with van der Waals surface area (Å²) in [4.78, 5) is 0. The molecule has 0 aromatic carbocycles. The van der Waals surface area contributed by atoms with Crippen molar-refractivity contribution in [3.63, 3.8) is 0 Å². The van der Waals surface area contributed by atoms with Crippen molar-refractivity contribution in [3.8, 4) is 0 Å². The molecule has 0 amide bonds. The number of hydrogen-bond acceptors (Lipinski definition) is 0. The van der Waals surface area contributed by atoms with Gasteiger partial charge in [0.05, 0.1) is 0 Å². The van der Waals surface area contributed by atoms with E-state index in [2.05, 4.69) is 67.5 Å². The summed E-state index contributed by atoms with van der Waals surface area (Å²) in [6, 6.07) is 0. The zero-order valence-electron chi connectivity index (χ0n) is 14.4. The molecular weight excluding hydrogens is 424 g/mol. The number of halogens is 2. The summed E-state index contributed by atoms with van der Waals surface area (Å²) in [6.45, 7) is 17.3. The van der Waals surface area contributed by atoms with Gasteiger partial charge in [0.2, 0.25) is 0 Å². The van der Waals surface area contributed by atoms with Crippen molar-refractivity contribution >= 4 is 0 Å². The fourth-order valence-corrected chi connectivity index (χ4v) is 2.32. The fourth-order valence-electron chi connectivity index (χ4n) is 2.32. The molecule has 0 bridgehead atoms. The van der Waals surface area contributed by atoms with Crippen LogP contribution < -0.4 is 34.0 Å². The van der Waals surface area contributed by atoms with E-state index in [1.54, 1.807) is 0 Å². The molecule has 0 fully saturated rings. The van der Waals surface area contributed by atoms with Crippen LogP contribution in [0.2, 0.25) is 0 Å². The van der Waals surface area contributed by atoms with Crippen LogP contribution in [-0.4, -0.2) is 0 Å². The molecule has 0 aromatic heterocycles. The van der Waals surface area contributed by atoms with Crippen molar-refractivity contribution in [2.45, 2.75) is 55.4 Å². The van der Waals surface area contributed by atoms with Crippen molar-refractivity contribution in [3.05, 3.63) is 45.6 Å². The van der Waals surface area contributed by atoms with E-state index in [0.29, 0.717) is 11.8 Å². The van der Waals surface area contributed by atoms with Gasteiger partial charge in [0.1, 0.15) is 0 Å². The largest absolute Gasteiger partial charge is 4.00 e. The van der Waals surface area contributed by atoms with Crippen molar-refractivity contribution in [2.75, 3.05) is 0 Å². The molecule has 3 heteroatoms. The third-order valence-electron chi connectivity index (χ3n) is 4.47. The van der Waals surface area contributed by atoms with Gasteiger partial charge in [0, 0.05) is 0 Å². The van der Waals surface area contributed by atoms with Crippen LogP contribution in [0.1, 0.15) is 55.4 Å². The van der Waals surface area contributed by atoms with Crippen molar-refractivity contribution in [2.24, 2.45) is 11.8 Å². The Bertz CT molecular complexity index is 424. The maximum absolute atomic E-state index is 3.36. The molecule has 0 saturated heterocycles. The first kappa shape index (κ1) is 26.5. The monoisotopic (exact) mass is 448 g/mol. The molecule has 0 saturated carbocycles. The molecule has 0 radical (unpaired) electrons. The molecule has 2 aliphatic rings. The summed E-state index contributed by atoms with van der Waals surface area (Å²) in [5.74, 6) is 1.12. The standard InChI is InChI=1S/2C9H13.2BrH.Ti/c2*1-6-5-7(2)9(4)8(6)3;;;/h2*6H,1-4H3;2*1H;/q2*-1;;;+4/p-2. The zero-order valence-corrected chi connectivity index (χ0v) is 19.1. The zero-order chi connectivity index (χ0) is 14.0. The Balaban J connectivity index is -0.000000270. The van der Waals surface area contributed by atoms with E-state index in [-0.39, 0.29) is 55.7 Å². The Morgan fingerprint density at radius 3 is 0.905 bits per heavy atom. The second-order valence-electron chi connectivity index (χ2n) is 5.60. The summed E-state index contributed by atoms with van der Waals surface area (Å²) in [5, 5.41) is 0. The van der Waals surface area contributed by atoms with E-state index in [4.69, 9.17) is 0 Å². The Morgan fingerprint density at radius 2 is 0.857 bits per heavy atom. The van der Waals surface area contributed by atoms with E-state index in [0.717, 1.165) is 0 Å². The fraction of sp³-hybridized carbons (Fsp3) is 0.556. The van der Waals surface area contributed by atoms with Crippen molar-refractivity contribution in [1.29, 1.82) is 0 Å². The molecule has 0 nitrogen and oxygen atoms in total. The summed E-state index contributed by atoms with van der Waals surface area (Å²) in [5.41, 5.74) is 8.49. The van der Waals surface area contributed by atoms with Crippen LogP contribution in [0.15, 0.2) is 33.4 Å². The minimum absolute atomic E-state index is 0. The molecule has 21 heavy (non-hydrogen) atoms. The van der Waals surface area contributed by atoms with Gasteiger partial charge in [-0.1, -0.05) is 53.4 Å². The second-order valence-corrected chi connectivity index (χ2v) is 5.60. The van der Waals surface area contributed by atoms with Gasteiger partial charge >= 0.3 is 21.7 Å². The van der Waals surface area contributed by atoms with E-state index in [1.165, 1.54) is 33.4 Å². The molecule has 2 atom stereocenters. The van der Waals surface area contributed by atoms with E-state index in [1.807, 2.05) is 0 Å². The van der Waals surface area contributed by atoms with Gasteiger partial charge in [0.25, 0.3) is 0 Å². The van der Waals surface area contributed by atoms with Crippen molar-refractivity contribution < 1.29 is 55.7 Å². The van der Waals surface area contributed by atoms with Crippen LogP contribution in [0.5, 0.6) is 0 Å². The van der Waals surface area contributed by atoms with Crippen LogP contribution in [0.3, 0.4) is 0 Å². The van der Waals surface area contributed by atoms with Gasteiger partial charge in [0.15, 0.2) is 0 Å². The molecule has 0 aromatic rings. The number of hydrogen-bond donors (Lipinski definition) is 0. The smallest absolute Gasteiger partial charge is 1.00 e. The number of rotatable bonds is 0. The minimum atomic E-state index is 0. The quantitative estimate of drug-likeness (QED) is 0.344. The summed E-state index contributed by atoms with van der Waals surface area (Å²) >= 11 is 0. The minimum Gasteiger partial charge on any atom is -1.00 e. The van der Waals surface area contributed by atoms with Crippen LogP contribution in [0.4, 0.5) is 0 Å². The van der Waals surface area contributed by atoms with Gasteiger partial charge in [-0.2, -0.15) is 22.3 Å². The SMILES string of the molecule is CC1=[C-]C(C)C(C)=C1C.CC1=[C-]C(C)C(C)=C1C.[Br-].[Br-].[Ti+4]. The molecule has 0 heterocycles. The predicted molar refractivity (Wildman–Crippen MR) is 79.9 cm³/mol. The first-order valence-electron chi connectivity index (χ1n) is 6.81. The van der Waals surface area contributed by atoms with E-state index >= 15 is 0 Å². The summed E-state index contributed by atoms with van der Waals surface area (Å²) in [6.07, 6.45) is 6.72. The van der Waals surface area contributed by atoms with Gasteiger partial charge < -0.3 is 34.0 Å². The molecule has 2 aliphatic carbocycles. The summed E-state index contributed by atoms with van der Waals surface area (Å²) < 4.78 is 0. The predicted octanol–water partition coefficient (Wildman–Crippen LogP) is -0.551. The second kappa shape index (κ2) is 11.2. The van der Waals surface area contributed by atoms with Crippen LogP contribution in [-0.2, 0) is 21.7 Å². The van der Waals surface area contributed by atoms with Gasteiger partial charge in [-0.15, -0.1) is 13.8 Å². The molecule has 116 valence electrons. The van der Waals surface area contributed by atoms with Crippen LogP contribution in [0.25, 0.3) is 0 Å². The average Bonchev–Trinajstić information content (AvgIpc) is 2.66. The molecule has 0 aliphatic heterocycles. The molecule has 0 spiro atoms. The third kappa shape index (κ3) is 6.73. The van der Waals surface area contributed by atoms with Gasteiger partial charge in [-0.05, 0) is 0 Å². The van der Waals surface area contributed by atoms with E-state index < -0.39 is 0 Å². The van der Waals surface area contributed by atoms with Crippen LogP contribution in [0, 0.1) is 24.0 Å². The molecule has 2 unspecified atom stereocenters. The van der Waals surface area contributed by atoms with Gasteiger partial charge in [-0.25, -0.2) is 11.1 Å². The molecule has 0 N–H and O–H groups in total. The Hall–Kier alpha value is 0.634. The third-order valence-corrected chi connectivity index (χ3v) is 4.47. The maximum atomic E-state index is 3.36. The van der Waals surface area contributed by atoms with Gasteiger partial charge in [-0.3, -0.25) is 12.2 Å². The van der Waals surface area contributed by atoms with Crippen LogP contribution >= 0.6 is 0 Å². The normalized spacial score (nSPS) is 23.2. The molecule has 2 rings (SSSR count). The average molecular weight is 450 g/mol. The summed E-state index contributed by atoms with van der Waals surface area (Å²) in [7, 11) is 0. The van der Waals surface area contributed by atoms with Crippen molar-refractivity contribution in [1.82, 2.24) is 0 Å². The first-order chi connectivity index (χ1) is 8.25. The Morgan fingerprint density at radius 1 is 0.619 bits per heavy atom. The first-order valence-corrected chi connectivity index (χ1v) is 6.81. The Labute approximate surface area is 167 Å². The topological polar surface area (TPSA) is 0 Å². The Kier molecular flexibility index (Phi) is 14.2. The maximum Gasteiger partial charge on any atom is 4.00 e. The molecular formula is C18H26Br2Ti. The number of allylic oxidation sites excluding steroid dienone is 8.